The minimum absolute atomic E-state index is 0.0112. The predicted molar refractivity (Wildman–Crippen MR) is 128 cm³/mol. The molecule has 36 heavy (non-hydrogen) atoms. The lowest BCUT2D eigenvalue weighted by molar-refractivity contribution is 0.0800. The SMILES string of the molecule is CCc1ncn(C(=O)N2CCOc3c(cc(F)c(-c4ccc(F)c5sc(N)c(C#N)c45)c3Cl)C2=O)n1. The number of nitrogen functional groups attached to an aromatic ring is 1. The Hall–Kier alpha value is -4.08. The number of nitrogens with two attached hydrogens (primary N) is 1. The number of aromatic nitrogens is 3. The van der Waals surface area contributed by atoms with E-state index in [2.05, 4.69) is 10.1 Å². The van der Waals surface area contributed by atoms with Crippen molar-refractivity contribution in [2.24, 2.45) is 0 Å². The second-order valence-electron chi connectivity index (χ2n) is 7.72. The molecule has 0 atom stereocenters. The number of aryl methyl sites for hydroxylation is 1. The zero-order valence-electron chi connectivity index (χ0n) is 18.5. The number of rotatable bonds is 2. The second kappa shape index (κ2) is 8.85. The van der Waals surface area contributed by atoms with Gasteiger partial charge in [0.1, 0.15) is 35.6 Å². The predicted octanol–water partition coefficient (Wildman–Crippen LogP) is 4.61. The molecule has 1 aliphatic rings. The first-order chi connectivity index (χ1) is 17.3. The first kappa shape index (κ1) is 23.7. The Morgan fingerprint density at radius 1 is 1.33 bits per heavy atom. The van der Waals surface area contributed by atoms with E-state index < -0.39 is 23.6 Å². The summed E-state index contributed by atoms with van der Waals surface area (Å²) in [6, 6.07) is 4.45. The Labute approximate surface area is 211 Å². The van der Waals surface area contributed by atoms with E-state index in [1.165, 1.54) is 12.4 Å². The van der Waals surface area contributed by atoms with Gasteiger partial charge in [0, 0.05) is 17.4 Å². The molecule has 0 saturated heterocycles. The second-order valence-corrected chi connectivity index (χ2v) is 9.15. The van der Waals surface area contributed by atoms with Crippen molar-refractivity contribution in [3.8, 4) is 22.9 Å². The first-order valence-electron chi connectivity index (χ1n) is 10.6. The number of amides is 2. The highest BCUT2D eigenvalue weighted by Crippen LogP contribution is 2.47. The van der Waals surface area contributed by atoms with Crippen LogP contribution in [0.25, 0.3) is 21.2 Å². The van der Waals surface area contributed by atoms with E-state index in [1.807, 2.05) is 13.0 Å². The number of anilines is 1. The molecule has 9 nitrogen and oxygen atoms in total. The van der Waals surface area contributed by atoms with Crippen molar-refractivity contribution in [2.75, 3.05) is 18.9 Å². The fraction of sp³-hybridized carbons (Fsp3) is 0.174. The van der Waals surface area contributed by atoms with Gasteiger partial charge < -0.3 is 10.5 Å². The summed E-state index contributed by atoms with van der Waals surface area (Å²) in [7, 11) is 0. The lowest BCUT2D eigenvalue weighted by Crippen LogP contribution is -2.41. The highest BCUT2D eigenvalue weighted by atomic mass is 35.5. The molecule has 0 fully saturated rings. The van der Waals surface area contributed by atoms with Gasteiger partial charge in [-0.15, -0.1) is 16.4 Å². The molecule has 0 bridgehead atoms. The van der Waals surface area contributed by atoms with Crippen LogP contribution in [-0.2, 0) is 6.42 Å². The van der Waals surface area contributed by atoms with Crippen LogP contribution in [0.1, 0.15) is 28.7 Å². The number of thiophene rings is 1. The van der Waals surface area contributed by atoms with Crippen molar-refractivity contribution in [1.82, 2.24) is 19.7 Å². The molecule has 0 unspecified atom stereocenters. The maximum Gasteiger partial charge on any atom is 0.353 e. The van der Waals surface area contributed by atoms with Gasteiger partial charge in [-0.05, 0) is 17.7 Å². The number of nitrogens with zero attached hydrogens (tertiary/aromatic N) is 5. The molecule has 5 rings (SSSR count). The molecule has 0 radical (unpaired) electrons. The molecule has 13 heteroatoms. The van der Waals surface area contributed by atoms with E-state index in [-0.39, 0.29) is 61.3 Å². The first-order valence-corrected chi connectivity index (χ1v) is 11.8. The molecular weight excluding hydrogens is 514 g/mol. The van der Waals surface area contributed by atoms with Gasteiger partial charge in [-0.2, -0.15) is 9.94 Å². The summed E-state index contributed by atoms with van der Waals surface area (Å²) >= 11 is 7.42. The molecule has 4 aromatic rings. The zero-order chi connectivity index (χ0) is 25.7. The van der Waals surface area contributed by atoms with E-state index in [9.17, 15) is 19.2 Å². The maximum absolute atomic E-state index is 15.6. The van der Waals surface area contributed by atoms with Gasteiger partial charge in [-0.3, -0.25) is 9.69 Å². The van der Waals surface area contributed by atoms with Crippen molar-refractivity contribution in [3.05, 3.63) is 58.1 Å². The molecule has 2 amide bonds. The third kappa shape index (κ3) is 3.55. The number of ether oxygens (including phenoxy) is 1. The summed E-state index contributed by atoms with van der Waals surface area (Å²) in [6.07, 6.45) is 1.68. The van der Waals surface area contributed by atoms with Gasteiger partial charge in [0.05, 0.1) is 27.4 Å². The minimum atomic E-state index is -0.930. The van der Waals surface area contributed by atoms with Crippen LogP contribution in [-0.4, -0.2) is 44.8 Å². The number of hydrogen-bond acceptors (Lipinski definition) is 8. The van der Waals surface area contributed by atoms with Crippen LogP contribution in [0.3, 0.4) is 0 Å². The maximum atomic E-state index is 15.6. The molecule has 0 spiro atoms. The largest absolute Gasteiger partial charge is 0.489 e. The summed E-state index contributed by atoms with van der Waals surface area (Å²) in [6.45, 7) is 1.53. The van der Waals surface area contributed by atoms with Crippen LogP contribution in [0.5, 0.6) is 5.75 Å². The number of fused-ring (bicyclic) bond motifs is 2. The molecule has 0 aliphatic carbocycles. The van der Waals surface area contributed by atoms with Crippen molar-refractivity contribution in [2.45, 2.75) is 13.3 Å². The molecule has 1 aliphatic heterocycles. The highest BCUT2D eigenvalue weighted by molar-refractivity contribution is 7.23. The normalized spacial score (nSPS) is 13.3. The van der Waals surface area contributed by atoms with Gasteiger partial charge in [-0.1, -0.05) is 24.6 Å². The number of imide groups is 1. The smallest absolute Gasteiger partial charge is 0.353 e. The monoisotopic (exact) mass is 528 g/mol. The molecule has 0 saturated carbocycles. The van der Waals surface area contributed by atoms with Crippen LogP contribution in [0.15, 0.2) is 24.5 Å². The van der Waals surface area contributed by atoms with Gasteiger partial charge >= 0.3 is 6.03 Å². The van der Waals surface area contributed by atoms with Crippen LogP contribution in [0, 0.1) is 23.0 Å². The number of benzene rings is 2. The van der Waals surface area contributed by atoms with Crippen molar-refractivity contribution in [1.29, 1.82) is 5.26 Å². The zero-order valence-corrected chi connectivity index (χ0v) is 20.1. The van der Waals surface area contributed by atoms with Crippen LogP contribution >= 0.6 is 22.9 Å². The number of halogens is 3. The molecule has 2 aromatic heterocycles. The summed E-state index contributed by atoms with van der Waals surface area (Å²) in [5, 5.41) is 13.5. The highest BCUT2D eigenvalue weighted by Gasteiger charge is 2.34. The standard InChI is InChI=1S/C23H15ClF2N6O3S/c1-2-15-29-9-32(30-15)23(34)31-5-6-35-19-11(22(31)33)7-14(26)17(18(19)24)10-3-4-13(25)20-16(10)12(8-27)21(28)36-20/h3-4,7,9H,2,5-6,28H2,1H3. The van der Waals surface area contributed by atoms with Crippen molar-refractivity contribution in [3.63, 3.8) is 0 Å². The summed E-state index contributed by atoms with van der Waals surface area (Å²) < 4.78 is 36.7. The topological polar surface area (TPSA) is 127 Å². The molecule has 2 aromatic carbocycles. The molecule has 2 N–H and O–H groups in total. The van der Waals surface area contributed by atoms with E-state index in [0.29, 0.717) is 12.2 Å². The molecular formula is C23H15ClF2N6O3S. The number of carbonyl (C=O) groups is 2. The molecule has 3 heterocycles. The number of nitriles is 1. The van der Waals surface area contributed by atoms with Gasteiger partial charge in [0.2, 0.25) is 0 Å². The third-order valence-corrected chi connectivity index (χ3v) is 7.08. The third-order valence-electron chi connectivity index (χ3n) is 5.69. The van der Waals surface area contributed by atoms with Crippen LogP contribution in [0.4, 0.5) is 18.6 Å². The lowest BCUT2D eigenvalue weighted by atomic mass is 9.96. The Morgan fingerprint density at radius 3 is 2.81 bits per heavy atom. The summed E-state index contributed by atoms with van der Waals surface area (Å²) in [5.74, 6) is -2.12. The Morgan fingerprint density at radius 2 is 2.11 bits per heavy atom. The van der Waals surface area contributed by atoms with E-state index in [4.69, 9.17) is 22.1 Å². The average Bonchev–Trinajstić information content (AvgIpc) is 3.43. The fourth-order valence-corrected chi connectivity index (χ4v) is 5.30. The fourth-order valence-electron chi connectivity index (χ4n) is 4.00. The summed E-state index contributed by atoms with van der Waals surface area (Å²) in [4.78, 5) is 31.0. The van der Waals surface area contributed by atoms with Gasteiger partial charge in [-0.25, -0.2) is 18.6 Å². The summed E-state index contributed by atoms with van der Waals surface area (Å²) in [5.41, 5.74) is 5.54. The van der Waals surface area contributed by atoms with Crippen LogP contribution < -0.4 is 10.5 Å². The molecule has 182 valence electrons. The lowest BCUT2D eigenvalue weighted by Gasteiger charge is -2.17. The van der Waals surface area contributed by atoms with E-state index in [1.54, 1.807) is 0 Å². The number of hydrogen-bond donors (Lipinski definition) is 1. The van der Waals surface area contributed by atoms with E-state index in [0.717, 1.165) is 33.1 Å². The van der Waals surface area contributed by atoms with Crippen LogP contribution in [0.2, 0.25) is 5.02 Å². The minimum Gasteiger partial charge on any atom is -0.489 e. The Balaban J connectivity index is 1.65. The van der Waals surface area contributed by atoms with Gasteiger partial charge in [0.15, 0.2) is 11.6 Å². The average molecular weight is 529 g/mol. The van der Waals surface area contributed by atoms with Crippen molar-refractivity contribution < 1.29 is 23.1 Å². The Kier molecular flexibility index (Phi) is 5.82. The van der Waals surface area contributed by atoms with Crippen molar-refractivity contribution >= 4 is 50.0 Å². The number of carbonyl (C=O) groups excluding carboxylic acids is 2. The van der Waals surface area contributed by atoms with E-state index >= 15 is 4.39 Å². The quantitative estimate of drug-likeness (QED) is 0.402. The Bertz CT molecular complexity index is 1630. The van der Waals surface area contributed by atoms with Gasteiger partial charge in [0.25, 0.3) is 5.91 Å².